The van der Waals surface area contributed by atoms with Crippen LogP contribution in [-0.4, -0.2) is 30.1 Å². The summed E-state index contributed by atoms with van der Waals surface area (Å²) in [5.74, 6) is 5.68. The van der Waals surface area contributed by atoms with E-state index in [0.29, 0.717) is 33.4 Å². The number of benzene rings is 2. The van der Waals surface area contributed by atoms with Crippen LogP contribution in [0.15, 0.2) is 67.3 Å². The van der Waals surface area contributed by atoms with Crippen LogP contribution in [0.5, 0.6) is 0 Å². The molecule has 0 unspecified atom stereocenters. The van der Waals surface area contributed by atoms with Crippen LogP contribution < -0.4 is 5.32 Å². The number of imidazole rings is 1. The third-order valence-corrected chi connectivity index (χ3v) is 6.19. The quantitative estimate of drug-likeness (QED) is 0.283. The normalized spacial score (nSPS) is 11.3. The predicted molar refractivity (Wildman–Crippen MR) is 141 cm³/mol. The van der Waals surface area contributed by atoms with Crippen LogP contribution in [0.4, 0.5) is 18.9 Å². The molecule has 0 saturated carbocycles. The Morgan fingerprint density at radius 1 is 1.03 bits per heavy atom. The van der Waals surface area contributed by atoms with Gasteiger partial charge in [0.2, 0.25) is 5.82 Å². The van der Waals surface area contributed by atoms with Gasteiger partial charge in [0, 0.05) is 35.8 Å². The fraction of sp³-hybridized carbons (Fsp3) is 0.143. The van der Waals surface area contributed by atoms with Crippen molar-refractivity contribution in [2.45, 2.75) is 26.6 Å². The molecule has 11 heteroatoms. The SMILES string of the molecule is Cc1cn(Cc2ccc(C(=O)Nc3ccc(C)c(C#Cc4nnc5ccc(Cl)cn45)c3)cc2C(F)(F)F)cn1. The highest BCUT2D eigenvalue weighted by Crippen LogP contribution is 2.33. The number of anilines is 1. The van der Waals surface area contributed by atoms with Gasteiger partial charge in [0.05, 0.1) is 22.6 Å². The molecule has 0 spiro atoms. The maximum absolute atomic E-state index is 13.9. The van der Waals surface area contributed by atoms with E-state index in [0.717, 1.165) is 11.6 Å². The zero-order chi connectivity index (χ0) is 27.7. The zero-order valence-corrected chi connectivity index (χ0v) is 21.5. The Morgan fingerprint density at radius 2 is 1.85 bits per heavy atom. The maximum Gasteiger partial charge on any atom is 0.416 e. The number of aryl methyl sites for hydroxylation is 2. The minimum atomic E-state index is -4.63. The second-order valence-electron chi connectivity index (χ2n) is 8.89. The molecule has 0 fully saturated rings. The van der Waals surface area contributed by atoms with Gasteiger partial charge >= 0.3 is 6.18 Å². The minimum absolute atomic E-state index is 0.0227. The number of hydrogen-bond donors (Lipinski definition) is 1. The first-order chi connectivity index (χ1) is 18.6. The van der Waals surface area contributed by atoms with Gasteiger partial charge in [0.1, 0.15) is 0 Å². The number of hydrogen-bond acceptors (Lipinski definition) is 4. The van der Waals surface area contributed by atoms with Gasteiger partial charge in [-0.05, 0) is 67.3 Å². The maximum atomic E-state index is 13.9. The van der Waals surface area contributed by atoms with E-state index in [2.05, 4.69) is 32.3 Å². The number of amides is 1. The summed E-state index contributed by atoms with van der Waals surface area (Å²) in [6.07, 6.45) is 0.138. The van der Waals surface area contributed by atoms with Gasteiger partial charge in [0.15, 0.2) is 5.65 Å². The highest BCUT2D eigenvalue weighted by Gasteiger charge is 2.34. The molecule has 2 aromatic carbocycles. The molecule has 1 N–H and O–H groups in total. The fourth-order valence-electron chi connectivity index (χ4n) is 3.99. The first-order valence-corrected chi connectivity index (χ1v) is 12.1. The molecule has 0 atom stereocenters. The number of aromatic nitrogens is 5. The van der Waals surface area contributed by atoms with Crippen LogP contribution in [-0.2, 0) is 12.7 Å². The van der Waals surface area contributed by atoms with Crippen molar-refractivity contribution in [3.63, 3.8) is 0 Å². The van der Waals surface area contributed by atoms with E-state index in [9.17, 15) is 18.0 Å². The lowest BCUT2D eigenvalue weighted by atomic mass is 10.0. The van der Waals surface area contributed by atoms with Gasteiger partial charge in [-0.1, -0.05) is 29.7 Å². The summed E-state index contributed by atoms with van der Waals surface area (Å²) in [5.41, 5.74) is 2.15. The standard InChI is InChI=1S/C28H20ClF3N6O/c1-17-3-8-23(11-19(17)6-9-25-35-36-26-10-7-22(29)15-38(25)26)34-27(39)20-4-5-21(24(12-20)28(30,31)32)14-37-13-18(2)33-16-37/h3-5,7-8,10-13,15-16H,14H2,1-2H3,(H,34,39). The van der Waals surface area contributed by atoms with Crippen LogP contribution in [0.2, 0.25) is 5.02 Å². The molecule has 0 saturated heterocycles. The van der Waals surface area contributed by atoms with Crippen molar-refractivity contribution in [1.29, 1.82) is 0 Å². The van der Waals surface area contributed by atoms with Crippen molar-refractivity contribution >= 4 is 28.8 Å². The Bertz CT molecular complexity index is 1780. The molecular weight excluding hydrogens is 529 g/mol. The van der Waals surface area contributed by atoms with Gasteiger partial charge in [0.25, 0.3) is 5.91 Å². The number of alkyl halides is 3. The largest absolute Gasteiger partial charge is 0.416 e. The lowest BCUT2D eigenvalue weighted by Crippen LogP contribution is -2.16. The van der Waals surface area contributed by atoms with Crippen LogP contribution in [0, 0.1) is 25.7 Å². The van der Waals surface area contributed by atoms with Crippen LogP contribution in [0.3, 0.4) is 0 Å². The number of nitrogens with zero attached hydrogens (tertiary/aromatic N) is 5. The molecule has 0 aliphatic carbocycles. The van der Waals surface area contributed by atoms with E-state index < -0.39 is 17.6 Å². The molecule has 0 radical (unpaired) electrons. The number of fused-ring (bicyclic) bond motifs is 1. The average Bonchev–Trinajstić information content (AvgIpc) is 3.48. The highest BCUT2D eigenvalue weighted by molar-refractivity contribution is 6.30. The summed E-state index contributed by atoms with van der Waals surface area (Å²) >= 11 is 6.06. The fourth-order valence-corrected chi connectivity index (χ4v) is 4.15. The van der Waals surface area contributed by atoms with Crippen LogP contribution >= 0.6 is 11.6 Å². The van der Waals surface area contributed by atoms with Crippen molar-refractivity contribution in [2.75, 3.05) is 5.32 Å². The lowest BCUT2D eigenvalue weighted by molar-refractivity contribution is -0.138. The molecule has 5 aromatic rings. The summed E-state index contributed by atoms with van der Waals surface area (Å²) in [6, 6.07) is 12.0. The minimum Gasteiger partial charge on any atom is -0.333 e. The molecule has 0 aliphatic rings. The van der Waals surface area contributed by atoms with Gasteiger partial charge in [-0.2, -0.15) is 13.2 Å². The number of nitrogens with one attached hydrogen (secondary N) is 1. The van der Waals surface area contributed by atoms with Crippen molar-refractivity contribution in [2.24, 2.45) is 0 Å². The molecular formula is C28H20ClF3N6O. The number of halogens is 4. The van der Waals surface area contributed by atoms with Crippen LogP contribution in [0.1, 0.15) is 44.1 Å². The van der Waals surface area contributed by atoms with Crippen molar-refractivity contribution in [3.8, 4) is 11.8 Å². The van der Waals surface area contributed by atoms with Gasteiger partial charge < -0.3 is 9.88 Å². The van der Waals surface area contributed by atoms with Crippen LogP contribution in [0.25, 0.3) is 5.65 Å². The topological polar surface area (TPSA) is 77.1 Å². The molecule has 7 nitrogen and oxygen atoms in total. The Kier molecular flexibility index (Phi) is 6.85. The second kappa shape index (κ2) is 10.3. The molecule has 196 valence electrons. The molecule has 1 amide bonds. The van der Waals surface area contributed by atoms with E-state index in [1.165, 1.54) is 18.5 Å². The molecule has 39 heavy (non-hydrogen) atoms. The molecule has 0 bridgehead atoms. The lowest BCUT2D eigenvalue weighted by Gasteiger charge is -2.15. The monoisotopic (exact) mass is 548 g/mol. The number of carbonyl (C=O) groups is 1. The molecule has 0 aliphatic heterocycles. The number of carbonyl (C=O) groups excluding carboxylic acids is 1. The Balaban J connectivity index is 1.39. The van der Waals surface area contributed by atoms with Gasteiger partial charge in [-0.3, -0.25) is 9.20 Å². The van der Waals surface area contributed by atoms with E-state index in [4.69, 9.17) is 11.6 Å². The zero-order valence-electron chi connectivity index (χ0n) is 20.7. The summed E-state index contributed by atoms with van der Waals surface area (Å²) in [6.45, 7) is 3.58. The molecule has 3 heterocycles. The number of rotatable bonds is 4. The van der Waals surface area contributed by atoms with E-state index in [1.807, 2.05) is 6.92 Å². The van der Waals surface area contributed by atoms with E-state index >= 15 is 0 Å². The first-order valence-electron chi connectivity index (χ1n) is 11.7. The van der Waals surface area contributed by atoms with Crippen molar-refractivity contribution in [1.82, 2.24) is 24.1 Å². The van der Waals surface area contributed by atoms with E-state index in [1.54, 1.807) is 58.6 Å². The second-order valence-corrected chi connectivity index (χ2v) is 9.33. The smallest absolute Gasteiger partial charge is 0.333 e. The Labute approximate surface area is 226 Å². The first kappa shape index (κ1) is 26.0. The predicted octanol–water partition coefficient (Wildman–Crippen LogP) is 5.92. The molecule has 3 aromatic heterocycles. The summed E-state index contributed by atoms with van der Waals surface area (Å²) in [7, 11) is 0. The summed E-state index contributed by atoms with van der Waals surface area (Å²) in [4.78, 5) is 17.0. The van der Waals surface area contributed by atoms with Gasteiger partial charge in [-0.15, -0.1) is 10.2 Å². The highest BCUT2D eigenvalue weighted by atomic mass is 35.5. The summed E-state index contributed by atoms with van der Waals surface area (Å²) in [5, 5.41) is 11.3. The summed E-state index contributed by atoms with van der Waals surface area (Å²) < 4.78 is 44.8. The van der Waals surface area contributed by atoms with Crippen molar-refractivity contribution in [3.05, 3.63) is 112 Å². The van der Waals surface area contributed by atoms with E-state index in [-0.39, 0.29) is 17.7 Å². The third kappa shape index (κ3) is 5.78. The van der Waals surface area contributed by atoms with Crippen molar-refractivity contribution < 1.29 is 18.0 Å². The average molecular weight is 549 g/mol. The van der Waals surface area contributed by atoms with Gasteiger partial charge in [-0.25, -0.2) is 4.98 Å². The number of pyridine rings is 1. The Morgan fingerprint density at radius 3 is 2.59 bits per heavy atom. The Hall–Kier alpha value is -4.62. The third-order valence-electron chi connectivity index (χ3n) is 5.96. The molecule has 5 rings (SSSR count).